The Morgan fingerprint density at radius 3 is 2.92 bits per heavy atom. The molecule has 2 atom stereocenters. The lowest BCUT2D eigenvalue weighted by molar-refractivity contribution is 0.422. The SMILES string of the molecule is NC1CCCC1n1nccc1Cl. The monoisotopic (exact) mass is 185 g/mol. The van der Waals surface area contributed by atoms with E-state index in [0.717, 1.165) is 12.8 Å². The van der Waals surface area contributed by atoms with Crippen molar-refractivity contribution in [3.8, 4) is 0 Å². The van der Waals surface area contributed by atoms with Crippen LogP contribution in [0, 0.1) is 0 Å². The highest BCUT2D eigenvalue weighted by Crippen LogP contribution is 2.30. The summed E-state index contributed by atoms with van der Waals surface area (Å²) >= 11 is 5.93. The van der Waals surface area contributed by atoms with Crippen molar-refractivity contribution in [1.29, 1.82) is 0 Å². The second-order valence-electron chi connectivity index (χ2n) is 3.26. The van der Waals surface area contributed by atoms with E-state index in [-0.39, 0.29) is 6.04 Å². The van der Waals surface area contributed by atoms with Gasteiger partial charge in [0.1, 0.15) is 5.15 Å². The lowest BCUT2D eigenvalue weighted by Crippen LogP contribution is -2.27. The maximum atomic E-state index is 5.93. The zero-order valence-corrected chi connectivity index (χ0v) is 7.54. The van der Waals surface area contributed by atoms with Crippen molar-refractivity contribution in [2.75, 3.05) is 0 Å². The third kappa shape index (κ3) is 1.23. The topological polar surface area (TPSA) is 43.8 Å². The number of nitrogens with two attached hydrogens (primary N) is 1. The predicted molar refractivity (Wildman–Crippen MR) is 48.1 cm³/mol. The van der Waals surface area contributed by atoms with Crippen molar-refractivity contribution < 1.29 is 0 Å². The molecule has 0 radical (unpaired) electrons. The lowest BCUT2D eigenvalue weighted by Gasteiger charge is -2.16. The van der Waals surface area contributed by atoms with Gasteiger partial charge in [-0.15, -0.1) is 0 Å². The first kappa shape index (κ1) is 8.08. The molecule has 0 spiro atoms. The normalized spacial score (nSPS) is 29.5. The zero-order valence-electron chi connectivity index (χ0n) is 6.78. The van der Waals surface area contributed by atoms with Crippen molar-refractivity contribution in [3.05, 3.63) is 17.4 Å². The molecule has 2 unspecified atom stereocenters. The summed E-state index contributed by atoms with van der Waals surface area (Å²) in [5.41, 5.74) is 5.92. The molecule has 0 amide bonds. The summed E-state index contributed by atoms with van der Waals surface area (Å²) in [5, 5.41) is 4.84. The molecule has 1 aromatic heterocycles. The Kier molecular flexibility index (Phi) is 2.07. The summed E-state index contributed by atoms with van der Waals surface area (Å²) in [4.78, 5) is 0. The number of hydrogen-bond donors (Lipinski definition) is 1. The van der Waals surface area contributed by atoms with Crippen LogP contribution in [0.15, 0.2) is 12.3 Å². The lowest BCUT2D eigenvalue weighted by atomic mass is 10.2. The summed E-state index contributed by atoms with van der Waals surface area (Å²) in [6.07, 6.45) is 5.08. The summed E-state index contributed by atoms with van der Waals surface area (Å²) < 4.78 is 1.83. The summed E-state index contributed by atoms with van der Waals surface area (Å²) in [5.74, 6) is 0. The maximum Gasteiger partial charge on any atom is 0.127 e. The van der Waals surface area contributed by atoms with E-state index in [0.29, 0.717) is 11.2 Å². The Labute approximate surface area is 76.5 Å². The molecule has 1 aliphatic carbocycles. The van der Waals surface area contributed by atoms with Gasteiger partial charge in [-0.1, -0.05) is 11.6 Å². The fourth-order valence-corrected chi connectivity index (χ4v) is 2.04. The first-order valence-electron chi connectivity index (χ1n) is 4.23. The Bertz CT molecular complexity index is 271. The van der Waals surface area contributed by atoms with Gasteiger partial charge < -0.3 is 5.73 Å². The molecule has 1 aliphatic rings. The number of hydrogen-bond acceptors (Lipinski definition) is 2. The minimum atomic E-state index is 0.224. The molecular weight excluding hydrogens is 174 g/mol. The van der Waals surface area contributed by atoms with Crippen LogP contribution in [0.25, 0.3) is 0 Å². The Balaban J connectivity index is 2.24. The van der Waals surface area contributed by atoms with Crippen LogP contribution in [0.2, 0.25) is 5.15 Å². The van der Waals surface area contributed by atoms with Crippen molar-refractivity contribution in [2.24, 2.45) is 5.73 Å². The van der Waals surface area contributed by atoms with E-state index in [1.807, 2.05) is 4.68 Å². The largest absolute Gasteiger partial charge is 0.326 e. The highest BCUT2D eigenvalue weighted by Gasteiger charge is 2.26. The first-order chi connectivity index (χ1) is 5.79. The molecule has 0 aliphatic heterocycles. The van der Waals surface area contributed by atoms with Crippen LogP contribution in [0.3, 0.4) is 0 Å². The molecule has 1 heterocycles. The first-order valence-corrected chi connectivity index (χ1v) is 4.61. The molecule has 12 heavy (non-hydrogen) atoms. The van der Waals surface area contributed by atoms with Gasteiger partial charge in [0.25, 0.3) is 0 Å². The van der Waals surface area contributed by atoms with Gasteiger partial charge in [0.15, 0.2) is 0 Å². The van der Waals surface area contributed by atoms with Crippen molar-refractivity contribution in [3.63, 3.8) is 0 Å². The van der Waals surface area contributed by atoms with Gasteiger partial charge in [-0.25, -0.2) is 4.68 Å². The number of nitrogens with zero attached hydrogens (tertiary/aromatic N) is 2. The van der Waals surface area contributed by atoms with E-state index in [9.17, 15) is 0 Å². The van der Waals surface area contributed by atoms with Crippen molar-refractivity contribution >= 4 is 11.6 Å². The Morgan fingerprint density at radius 1 is 1.58 bits per heavy atom. The van der Waals surface area contributed by atoms with E-state index in [4.69, 9.17) is 17.3 Å². The van der Waals surface area contributed by atoms with Gasteiger partial charge >= 0.3 is 0 Å². The Hall–Kier alpha value is -0.540. The predicted octanol–water partition coefficient (Wildman–Crippen LogP) is 1.59. The Morgan fingerprint density at radius 2 is 2.42 bits per heavy atom. The standard InChI is InChI=1S/C8H12ClN3/c9-8-4-5-11-12(8)7-3-1-2-6(7)10/h4-7H,1-3,10H2. The third-order valence-electron chi connectivity index (χ3n) is 2.47. The minimum Gasteiger partial charge on any atom is -0.326 e. The van der Waals surface area contributed by atoms with E-state index in [1.54, 1.807) is 12.3 Å². The van der Waals surface area contributed by atoms with Gasteiger partial charge in [0, 0.05) is 6.04 Å². The third-order valence-corrected chi connectivity index (χ3v) is 2.77. The van der Waals surface area contributed by atoms with E-state index in [1.165, 1.54) is 6.42 Å². The van der Waals surface area contributed by atoms with Crippen molar-refractivity contribution in [2.45, 2.75) is 31.3 Å². The summed E-state index contributed by atoms with van der Waals surface area (Å²) in [7, 11) is 0. The molecule has 1 saturated carbocycles. The van der Waals surface area contributed by atoms with Gasteiger partial charge in [0.05, 0.1) is 12.2 Å². The summed E-state index contributed by atoms with van der Waals surface area (Å²) in [6, 6.07) is 2.34. The second kappa shape index (κ2) is 3.07. The molecule has 4 heteroatoms. The van der Waals surface area contributed by atoms with Crippen LogP contribution in [0.4, 0.5) is 0 Å². The molecule has 3 nitrogen and oxygen atoms in total. The quantitative estimate of drug-likeness (QED) is 0.722. The average molecular weight is 186 g/mol. The highest BCUT2D eigenvalue weighted by atomic mass is 35.5. The number of aromatic nitrogens is 2. The van der Waals surface area contributed by atoms with E-state index >= 15 is 0 Å². The van der Waals surface area contributed by atoms with Gasteiger partial charge in [-0.2, -0.15) is 5.10 Å². The van der Waals surface area contributed by atoms with Crippen molar-refractivity contribution in [1.82, 2.24) is 9.78 Å². The fraction of sp³-hybridized carbons (Fsp3) is 0.625. The van der Waals surface area contributed by atoms with Crippen LogP contribution < -0.4 is 5.73 Å². The van der Waals surface area contributed by atoms with Gasteiger partial charge in [-0.05, 0) is 25.3 Å². The maximum absolute atomic E-state index is 5.93. The molecule has 2 rings (SSSR count). The van der Waals surface area contributed by atoms with Crippen LogP contribution >= 0.6 is 11.6 Å². The molecule has 1 aromatic rings. The smallest absolute Gasteiger partial charge is 0.127 e. The molecule has 1 fully saturated rings. The van der Waals surface area contributed by atoms with Crippen LogP contribution in [0.1, 0.15) is 25.3 Å². The van der Waals surface area contributed by atoms with Crippen LogP contribution in [-0.2, 0) is 0 Å². The minimum absolute atomic E-state index is 0.224. The molecule has 0 bridgehead atoms. The zero-order chi connectivity index (χ0) is 8.55. The molecule has 0 aromatic carbocycles. The second-order valence-corrected chi connectivity index (χ2v) is 3.65. The molecule has 2 N–H and O–H groups in total. The fourth-order valence-electron chi connectivity index (χ4n) is 1.82. The van der Waals surface area contributed by atoms with Crippen LogP contribution in [0.5, 0.6) is 0 Å². The van der Waals surface area contributed by atoms with Gasteiger partial charge in [0.2, 0.25) is 0 Å². The number of halogens is 1. The average Bonchev–Trinajstić information content (AvgIpc) is 2.59. The van der Waals surface area contributed by atoms with Gasteiger partial charge in [-0.3, -0.25) is 0 Å². The molecule has 66 valence electrons. The number of rotatable bonds is 1. The molecular formula is C8H12ClN3. The van der Waals surface area contributed by atoms with E-state index < -0.39 is 0 Å². The van der Waals surface area contributed by atoms with E-state index in [2.05, 4.69) is 5.10 Å². The summed E-state index contributed by atoms with van der Waals surface area (Å²) in [6.45, 7) is 0. The van der Waals surface area contributed by atoms with Crippen LogP contribution in [-0.4, -0.2) is 15.8 Å². The molecule has 0 saturated heterocycles. The highest BCUT2D eigenvalue weighted by molar-refractivity contribution is 6.29.